The number of nitrogens with zero attached hydrogens (tertiary/aromatic N) is 2. The van der Waals surface area contributed by atoms with Gasteiger partial charge in [0.2, 0.25) is 0 Å². The van der Waals surface area contributed by atoms with Crippen LogP contribution in [0, 0.1) is 22.7 Å². The number of nitrogens with one attached hydrogen (secondary N) is 1. The van der Waals surface area contributed by atoms with Gasteiger partial charge in [-0.15, -0.1) is 0 Å². The summed E-state index contributed by atoms with van der Waals surface area (Å²) in [6.45, 7) is 0. The molecule has 0 aliphatic carbocycles. The van der Waals surface area contributed by atoms with Crippen LogP contribution in [0.15, 0.2) is 23.0 Å². The third kappa shape index (κ3) is 2.63. The van der Waals surface area contributed by atoms with Crippen LogP contribution in [0.4, 0.5) is 19.0 Å². The summed E-state index contributed by atoms with van der Waals surface area (Å²) in [4.78, 5) is 13.9. The summed E-state index contributed by atoms with van der Waals surface area (Å²) in [5.41, 5.74) is 1.25. The Kier molecular flexibility index (Phi) is 4.20. The number of nitrogen functional groups attached to an aromatic ring is 1. The minimum atomic E-state index is -4.85. The van der Waals surface area contributed by atoms with Crippen molar-refractivity contribution in [3.8, 4) is 29.0 Å². The first-order valence-corrected chi connectivity index (χ1v) is 6.36. The molecule has 122 valence electrons. The van der Waals surface area contributed by atoms with Crippen molar-refractivity contribution in [1.82, 2.24) is 4.98 Å². The topological polar surface area (TPSA) is 116 Å². The molecule has 24 heavy (non-hydrogen) atoms. The number of nitriles is 2. The maximum atomic E-state index is 13.5. The number of anilines is 1. The van der Waals surface area contributed by atoms with Crippen LogP contribution in [-0.4, -0.2) is 12.1 Å². The number of aromatic nitrogens is 1. The number of alkyl halides is 3. The third-order valence-corrected chi connectivity index (χ3v) is 3.27. The molecule has 0 atom stereocenters. The lowest BCUT2D eigenvalue weighted by Crippen LogP contribution is -2.18. The SMILES string of the molecule is COc1cccc(-c2c(C#N)c(N)[nH]c(=O)c2C#N)c1C(F)(F)F. The highest BCUT2D eigenvalue weighted by Crippen LogP contribution is 2.44. The Labute approximate surface area is 133 Å². The number of H-pyrrole nitrogens is 1. The summed E-state index contributed by atoms with van der Waals surface area (Å²) in [5, 5.41) is 18.4. The molecule has 0 aliphatic rings. The second-order valence-electron chi connectivity index (χ2n) is 4.60. The van der Waals surface area contributed by atoms with Gasteiger partial charge in [-0.25, -0.2) is 0 Å². The van der Waals surface area contributed by atoms with Crippen molar-refractivity contribution < 1.29 is 17.9 Å². The third-order valence-electron chi connectivity index (χ3n) is 3.27. The summed E-state index contributed by atoms with van der Waals surface area (Å²) in [5.74, 6) is -0.931. The van der Waals surface area contributed by atoms with Crippen molar-refractivity contribution in [2.24, 2.45) is 0 Å². The Morgan fingerprint density at radius 2 is 1.83 bits per heavy atom. The number of benzene rings is 1. The Balaban J connectivity index is 3.07. The van der Waals surface area contributed by atoms with E-state index in [9.17, 15) is 23.2 Å². The fourth-order valence-corrected chi connectivity index (χ4v) is 2.31. The number of hydrogen-bond acceptors (Lipinski definition) is 5. The highest BCUT2D eigenvalue weighted by Gasteiger charge is 2.38. The van der Waals surface area contributed by atoms with Crippen molar-refractivity contribution in [2.45, 2.75) is 6.18 Å². The Hall–Kier alpha value is -3.46. The summed E-state index contributed by atoms with van der Waals surface area (Å²) in [6, 6.07) is 6.53. The predicted molar refractivity (Wildman–Crippen MR) is 77.9 cm³/mol. The van der Waals surface area contributed by atoms with E-state index in [1.165, 1.54) is 12.1 Å². The molecule has 1 heterocycles. The molecule has 2 rings (SSSR count). The molecule has 2 aromatic rings. The van der Waals surface area contributed by atoms with Crippen molar-refractivity contribution in [2.75, 3.05) is 12.8 Å². The van der Waals surface area contributed by atoms with Gasteiger partial charge in [0.1, 0.15) is 40.4 Å². The van der Waals surface area contributed by atoms with Gasteiger partial charge in [0.05, 0.1) is 7.11 Å². The van der Waals surface area contributed by atoms with E-state index in [2.05, 4.69) is 4.98 Å². The highest BCUT2D eigenvalue weighted by molar-refractivity contribution is 5.83. The largest absolute Gasteiger partial charge is 0.496 e. The van der Waals surface area contributed by atoms with Gasteiger partial charge in [0, 0.05) is 11.1 Å². The van der Waals surface area contributed by atoms with Gasteiger partial charge >= 0.3 is 6.18 Å². The van der Waals surface area contributed by atoms with Gasteiger partial charge in [-0.3, -0.25) is 4.79 Å². The normalized spacial score (nSPS) is 10.8. The molecular weight excluding hydrogens is 325 g/mol. The molecule has 0 saturated heterocycles. The van der Waals surface area contributed by atoms with Crippen LogP contribution in [0.2, 0.25) is 0 Å². The van der Waals surface area contributed by atoms with E-state index in [4.69, 9.17) is 15.7 Å². The quantitative estimate of drug-likeness (QED) is 0.875. The van der Waals surface area contributed by atoms with Crippen molar-refractivity contribution in [3.05, 3.63) is 45.2 Å². The average molecular weight is 334 g/mol. The number of halogens is 3. The molecule has 9 heteroatoms. The maximum absolute atomic E-state index is 13.5. The maximum Gasteiger partial charge on any atom is 0.420 e. The van der Waals surface area contributed by atoms with E-state index in [0.717, 1.165) is 19.2 Å². The smallest absolute Gasteiger partial charge is 0.420 e. The van der Waals surface area contributed by atoms with Gasteiger partial charge in [-0.05, 0) is 6.07 Å². The minimum Gasteiger partial charge on any atom is -0.496 e. The molecular formula is C15H9F3N4O2. The van der Waals surface area contributed by atoms with Gasteiger partial charge in [-0.1, -0.05) is 12.1 Å². The average Bonchev–Trinajstić information content (AvgIpc) is 2.52. The van der Waals surface area contributed by atoms with Gasteiger partial charge in [0.25, 0.3) is 5.56 Å². The number of aromatic amines is 1. The van der Waals surface area contributed by atoms with Crippen LogP contribution in [0.25, 0.3) is 11.1 Å². The van der Waals surface area contributed by atoms with E-state index >= 15 is 0 Å². The van der Waals surface area contributed by atoms with Crippen molar-refractivity contribution in [3.63, 3.8) is 0 Å². The van der Waals surface area contributed by atoms with Crippen LogP contribution in [0.5, 0.6) is 5.75 Å². The zero-order valence-corrected chi connectivity index (χ0v) is 12.2. The fourth-order valence-electron chi connectivity index (χ4n) is 2.31. The monoisotopic (exact) mass is 334 g/mol. The number of rotatable bonds is 2. The predicted octanol–water partition coefficient (Wildman–Crippen LogP) is 2.39. The number of hydrogen-bond donors (Lipinski definition) is 2. The van der Waals surface area contributed by atoms with Crippen molar-refractivity contribution in [1.29, 1.82) is 10.5 Å². The van der Waals surface area contributed by atoms with Crippen LogP contribution in [0.1, 0.15) is 16.7 Å². The van der Waals surface area contributed by atoms with E-state index in [1.54, 1.807) is 6.07 Å². The van der Waals surface area contributed by atoms with Crippen LogP contribution in [0.3, 0.4) is 0 Å². The lowest BCUT2D eigenvalue weighted by Gasteiger charge is -2.18. The minimum absolute atomic E-state index is 0.424. The Morgan fingerprint density at radius 3 is 2.33 bits per heavy atom. The number of ether oxygens (including phenoxy) is 1. The van der Waals surface area contributed by atoms with E-state index in [-0.39, 0.29) is 0 Å². The van der Waals surface area contributed by atoms with Crippen molar-refractivity contribution >= 4 is 5.82 Å². The van der Waals surface area contributed by atoms with Crippen LogP contribution < -0.4 is 16.0 Å². The molecule has 0 radical (unpaired) electrons. The lowest BCUT2D eigenvalue weighted by molar-refractivity contribution is -0.138. The molecule has 0 saturated carbocycles. The summed E-state index contributed by atoms with van der Waals surface area (Å²) < 4.78 is 45.2. The number of pyridine rings is 1. The Bertz CT molecular complexity index is 949. The van der Waals surface area contributed by atoms with Gasteiger partial charge in [0.15, 0.2) is 0 Å². The molecule has 1 aromatic heterocycles. The molecule has 0 amide bonds. The van der Waals surface area contributed by atoms with Crippen LogP contribution in [-0.2, 0) is 6.18 Å². The second-order valence-corrected chi connectivity index (χ2v) is 4.60. The molecule has 0 bridgehead atoms. The lowest BCUT2D eigenvalue weighted by atomic mass is 9.92. The molecule has 6 nitrogen and oxygen atoms in total. The summed E-state index contributed by atoms with van der Waals surface area (Å²) in [7, 11) is 1.05. The first kappa shape index (κ1) is 16.9. The summed E-state index contributed by atoms with van der Waals surface area (Å²) in [6.07, 6.45) is -4.85. The van der Waals surface area contributed by atoms with E-state index in [1.807, 2.05) is 0 Å². The second kappa shape index (κ2) is 5.97. The standard InChI is InChI=1S/C15H9F3N4O2/c1-24-10-4-2-3-7(12(10)15(16,17)18)11-8(5-19)13(21)22-14(23)9(11)6-20/h2-4H,1H3,(H3,21,22,23). The molecule has 0 unspecified atom stereocenters. The number of methoxy groups -OCH3 is 1. The fraction of sp³-hybridized carbons (Fsp3) is 0.133. The zero-order chi connectivity index (χ0) is 18.1. The molecule has 0 aliphatic heterocycles. The highest BCUT2D eigenvalue weighted by atomic mass is 19.4. The zero-order valence-electron chi connectivity index (χ0n) is 12.2. The van der Waals surface area contributed by atoms with E-state index < -0.39 is 51.1 Å². The van der Waals surface area contributed by atoms with Crippen LogP contribution >= 0.6 is 0 Å². The first-order valence-electron chi connectivity index (χ1n) is 6.36. The van der Waals surface area contributed by atoms with E-state index in [0.29, 0.717) is 0 Å². The molecule has 0 spiro atoms. The number of nitrogens with two attached hydrogens (primary N) is 1. The molecule has 1 aromatic carbocycles. The first-order chi connectivity index (χ1) is 11.3. The molecule has 0 fully saturated rings. The Morgan fingerprint density at radius 1 is 1.21 bits per heavy atom. The summed E-state index contributed by atoms with van der Waals surface area (Å²) >= 11 is 0. The molecule has 3 N–H and O–H groups in total. The van der Waals surface area contributed by atoms with Gasteiger partial charge in [-0.2, -0.15) is 23.7 Å². The van der Waals surface area contributed by atoms with Gasteiger partial charge < -0.3 is 15.5 Å².